The van der Waals surface area contributed by atoms with E-state index in [-0.39, 0.29) is 35.5 Å². The minimum atomic E-state index is -2.80. The lowest BCUT2D eigenvalue weighted by molar-refractivity contribution is -0.384. The molecule has 2 aromatic rings. The third kappa shape index (κ3) is 4.94. The highest BCUT2D eigenvalue weighted by Gasteiger charge is 2.69. The van der Waals surface area contributed by atoms with Crippen molar-refractivity contribution < 1.29 is 44.2 Å². The van der Waals surface area contributed by atoms with Crippen molar-refractivity contribution in [1.82, 2.24) is 4.90 Å². The molecule has 7 atom stereocenters. The third-order valence-electron chi connectivity index (χ3n) is 9.33. The number of amides is 3. The van der Waals surface area contributed by atoms with E-state index in [1.807, 2.05) is 0 Å². The molecule has 0 spiro atoms. The van der Waals surface area contributed by atoms with Crippen molar-refractivity contribution in [1.29, 1.82) is 0 Å². The maximum atomic E-state index is 14.1. The molecule has 0 heterocycles. The van der Waals surface area contributed by atoms with Crippen LogP contribution in [-0.2, 0) is 20.8 Å². The van der Waals surface area contributed by atoms with E-state index in [2.05, 4.69) is 10.6 Å². The summed E-state index contributed by atoms with van der Waals surface area (Å²) in [6, 6.07) is 4.57. The number of aliphatic hydroxyl groups excluding tert-OH is 1. The summed E-state index contributed by atoms with van der Waals surface area (Å²) in [6.45, 7) is 0. The highest BCUT2D eigenvalue weighted by atomic mass is 16.6. The van der Waals surface area contributed by atoms with Crippen LogP contribution in [0.25, 0.3) is 0 Å². The van der Waals surface area contributed by atoms with Crippen LogP contribution in [0, 0.1) is 33.8 Å². The molecule has 0 aromatic heterocycles. The molecule has 0 saturated heterocycles. The zero-order chi connectivity index (χ0) is 34.0. The lowest BCUT2D eigenvalue weighted by Crippen LogP contribution is -2.75. The van der Waals surface area contributed by atoms with Gasteiger partial charge in [-0.2, -0.15) is 0 Å². The fourth-order valence-corrected chi connectivity index (χ4v) is 7.31. The fraction of sp³-hybridized carbons (Fsp3) is 0.433. The van der Waals surface area contributed by atoms with Crippen LogP contribution in [0.4, 0.5) is 27.5 Å². The van der Waals surface area contributed by atoms with Gasteiger partial charge >= 0.3 is 6.03 Å². The van der Waals surface area contributed by atoms with Crippen LogP contribution >= 0.6 is 0 Å². The van der Waals surface area contributed by atoms with Crippen molar-refractivity contribution in [2.24, 2.45) is 29.4 Å². The molecular weight excluding hydrogens is 604 g/mol. The highest BCUT2D eigenvalue weighted by Crippen LogP contribution is 2.53. The third-order valence-corrected chi connectivity index (χ3v) is 9.33. The number of nitro groups is 1. The Morgan fingerprint density at radius 2 is 1.70 bits per heavy atom. The molecule has 16 heteroatoms. The van der Waals surface area contributed by atoms with Crippen LogP contribution < -0.4 is 21.3 Å². The Morgan fingerprint density at radius 1 is 1.07 bits per heavy atom. The van der Waals surface area contributed by atoms with Gasteiger partial charge in [0.25, 0.3) is 5.69 Å². The van der Waals surface area contributed by atoms with Gasteiger partial charge in [0.2, 0.25) is 5.91 Å². The number of urea groups is 1. The lowest BCUT2D eigenvalue weighted by atomic mass is 9.52. The molecule has 5 rings (SSSR count). The number of Topliss-reactive ketones (excluding diaryl/α,β-unsaturated/α-hetero) is 3. The summed E-state index contributed by atoms with van der Waals surface area (Å²) in [7, 11) is 6.48. The summed E-state index contributed by atoms with van der Waals surface area (Å²) >= 11 is 0. The lowest BCUT2D eigenvalue weighted by Gasteiger charge is -2.55. The number of nitro benzene ring substituents is 1. The molecule has 3 aliphatic carbocycles. The summed E-state index contributed by atoms with van der Waals surface area (Å²) in [6.07, 6.45) is -1.57. The van der Waals surface area contributed by atoms with E-state index in [0.29, 0.717) is 11.3 Å². The van der Waals surface area contributed by atoms with E-state index in [0.717, 1.165) is 0 Å². The molecule has 0 radical (unpaired) electrons. The van der Waals surface area contributed by atoms with Gasteiger partial charge in [-0.05, 0) is 56.6 Å². The number of phenols is 1. The number of hydrogen-bond acceptors (Lipinski definition) is 12. The predicted molar refractivity (Wildman–Crippen MR) is 162 cm³/mol. The number of carbonyl (C=O) groups is 5. The predicted octanol–water partition coefficient (Wildman–Crippen LogP) is 0.277. The summed E-state index contributed by atoms with van der Waals surface area (Å²) in [5.74, 6) is -10.5. The van der Waals surface area contributed by atoms with E-state index in [1.165, 1.54) is 35.2 Å². The number of carbonyl (C=O) groups excluding carboxylic acids is 5. The second kappa shape index (κ2) is 11.5. The molecule has 244 valence electrons. The number of aliphatic hydroxyl groups is 2. The monoisotopic (exact) mass is 638 g/mol. The van der Waals surface area contributed by atoms with Gasteiger partial charge in [-0.3, -0.25) is 29.3 Å². The molecule has 3 unspecified atom stereocenters. The number of primary amides is 1. The molecule has 2 saturated carbocycles. The number of likely N-dealkylation sites (N-methyl/N-ethyl adjacent to an activating group) is 1. The smallest absolute Gasteiger partial charge is 0.323 e. The van der Waals surface area contributed by atoms with Crippen molar-refractivity contribution in [2.45, 2.75) is 30.6 Å². The van der Waals surface area contributed by atoms with Gasteiger partial charge in [-0.15, -0.1) is 0 Å². The van der Waals surface area contributed by atoms with Gasteiger partial charge in [-0.1, -0.05) is 0 Å². The number of nitrogens with two attached hydrogens (primary N) is 1. The Morgan fingerprint density at radius 3 is 2.24 bits per heavy atom. The number of benzene rings is 2. The van der Waals surface area contributed by atoms with Crippen molar-refractivity contribution in [3.63, 3.8) is 0 Å². The Balaban J connectivity index is 1.53. The van der Waals surface area contributed by atoms with E-state index in [9.17, 15) is 49.4 Å². The number of ketones is 3. The van der Waals surface area contributed by atoms with Crippen molar-refractivity contribution in [3.05, 3.63) is 51.6 Å². The average molecular weight is 639 g/mol. The Hall–Kier alpha value is -4.93. The number of nitrogens with one attached hydrogen (secondary N) is 2. The normalized spacial score (nSPS) is 28.5. The van der Waals surface area contributed by atoms with Crippen LogP contribution in [0.2, 0.25) is 0 Å². The molecule has 3 amide bonds. The maximum absolute atomic E-state index is 14.1. The first kappa shape index (κ1) is 32.5. The van der Waals surface area contributed by atoms with E-state index < -0.39 is 81.4 Å². The average Bonchev–Trinajstić information content (AvgIpc) is 2.96. The first-order valence-electron chi connectivity index (χ1n) is 14.4. The van der Waals surface area contributed by atoms with Crippen molar-refractivity contribution >= 4 is 52.0 Å². The zero-order valence-electron chi connectivity index (χ0n) is 25.4. The molecule has 16 nitrogen and oxygen atoms in total. The van der Waals surface area contributed by atoms with Crippen LogP contribution in [0.3, 0.4) is 0 Å². The number of anilines is 3. The number of fused-ring (bicyclic) bond motifs is 3. The number of nitrogens with zero attached hydrogens (tertiary/aromatic N) is 3. The minimum absolute atomic E-state index is 0.0412. The van der Waals surface area contributed by atoms with Crippen molar-refractivity contribution in [3.8, 4) is 5.75 Å². The number of aromatic hydroxyl groups is 1. The molecule has 0 bridgehead atoms. The molecule has 0 aliphatic heterocycles. The Bertz CT molecular complexity index is 1670. The quantitative estimate of drug-likeness (QED) is 0.108. The standard InChI is InChI=1S/C30H34N6O10/c1-34(2)18-11-17(33-29(43)32-13-5-7-14(8-6-13)36(45)46)23(37)20-15(18)9-12-10-16-22(35(3)4)25(39)21(28(31)42)27(41)30(16,44)26(40)19(12)24(20)38/h5-8,11-12,16,19,21-22,25,37,39,44H,9-10H2,1-4H3,(H2,31,42)(H2,32,33,43)/t12-,16-,19?,21?,22-,25?,30-/m1/s1. The molecule has 2 fully saturated rings. The van der Waals surface area contributed by atoms with Gasteiger partial charge in [0, 0.05) is 49.6 Å². The first-order valence-corrected chi connectivity index (χ1v) is 14.4. The Kier molecular flexibility index (Phi) is 8.08. The van der Waals surface area contributed by atoms with Gasteiger partial charge < -0.3 is 41.5 Å². The van der Waals surface area contributed by atoms with E-state index in [1.54, 1.807) is 33.1 Å². The van der Waals surface area contributed by atoms with Crippen molar-refractivity contribution in [2.75, 3.05) is 43.7 Å². The minimum Gasteiger partial charge on any atom is -0.505 e. The largest absolute Gasteiger partial charge is 0.505 e. The molecule has 7 N–H and O–H groups in total. The molecule has 46 heavy (non-hydrogen) atoms. The van der Waals surface area contributed by atoms with Crippen LogP contribution in [0.1, 0.15) is 22.3 Å². The Labute approximate surface area is 262 Å². The molecule has 2 aromatic carbocycles. The second-order valence-electron chi connectivity index (χ2n) is 12.4. The zero-order valence-corrected chi connectivity index (χ0v) is 25.4. The highest BCUT2D eigenvalue weighted by molar-refractivity contribution is 6.26. The number of phenolic OH excluding ortho intramolecular Hbond substituents is 1. The van der Waals surface area contributed by atoms with Crippen LogP contribution in [0.15, 0.2) is 30.3 Å². The molecular formula is C30H34N6O10. The summed E-state index contributed by atoms with van der Waals surface area (Å²) in [4.78, 5) is 80.3. The maximum Gasteiger partial charge on any atom is 0.323 e. The summed E-state index contributed by atoms with van der Waals surface area (Å²) in [5.41, 5.74) is 2.99. The van der Waals surface area contributed by atoms with Gasteiger partial charge in [0.15, 0.2) is 23.0 Å². The van der Waals surface area contributed by atoms with Gasteiger partial charge in [0.1, 0.15) is 11.7 Å². The van der Waals surface area contributed by atoms with Gasteiger partial charge in [0.05, 0.1) is 28.2 Å². The second-order valence-corrected chi connectivity index (χ2v) is 12.4. The van der Waals surface area contributed by atoms with Crippen LogP contribution in [0.5, 0.6) is 5.75 Å². The number of hydrogen-bond donors (Lipinski definition) is 6. The van der Waals surface area contributed by atoms with E-state index >= 15 is 0 Å². The number of non-ortho nitro benzene ring substituents is 1. The fourth-order valence-electron chi connectivity index (χ4n) is 7.31. The summed E-state index contributed by atoms with van der Waals surface area (Å²) < 4.78 is 0. The van der Waals surface area contributed by atoms with E-state index in [4.69, 9.17) is 5.73 Å². The molecule has 3 aliphatic rings. The van der Waals surface area contributed by atoms with Gasteiger partial charge in [-0.25, -0.2) is 4.79 Å². The topological polar surface area (TPSA) is 246 Å². The summed E-state index contributed by atoms with van der Waals surface area (Å²) in [5, 5.41) is 50.0. The van der Waals surface area contributed by atoms with Crippen LogP contribution in [-0.4, -0.2) is 100 Å². The number of rotatable bonds is 6. The first-order chi connectivity index (χ1) is 21.5. The SMILES string of the molecule is CN(C)c1cc(NC(=O)Nc2ccc([N+](=O)[O-])cc2)c(O)c2c1C[C@@H]1C[C@@H]3[C@@H](N(C)C)C(O)C(C(N)=O)C(=O)[C@]3(O)C(=O)C1C2=O.